The Kier molecular flexibility index (Phi) is 8.48. The van der Waals surface area contributed by atoms with Crippen LogP contribution >= 0.6 is 0 Å². The van der Waals surface area contributed by atoms with Gasteiger partial charge in [-0.05, 0) is 112 Å². The maximum atomic E-state index is 6.69. The number of hydrogen-bond donors (Lipinski definition) is 0. The first-order valence-electron chi connectivity index (χ1n) is 17.4. The van der Waals surface area contributed by atoms with Gasteiger partial charge in [0.05, 0.1) is 22.4 Å². The first-order chi connectivity index (χ1) is 22.9. The molecule has 2 atom stereocenters. The molecule has 0 bridgehead atoms. The first-order valence-corrected chi connectivity index (χ1v) is 17.4. The number of unbranched alkanes of at least 4 members (excludes halogenated alkanes) is 1. The van der Waals surface area contributed by atoms with Gasteiger partial charge in [-0.2, -0.15) is 5.10 Å². The van der Waals surface area contributed by atoms with Crippen molar-refractivity contribution in [2.75, 3.05) is 0 Å². The van der Waals surface area contributed by atoms with Gasteiger partial charge in [-0.15, -0.1) is 0 Å². The minimum Gasteiger partial charge on any atom is -0.457 e. The van der Waals surface area contributed by atoms with Crippen LogP contribution in [0.3, 0.4) is 0 Å². The van der Waals surface area contributed by atoms with E-state index in [1.807, 2.05) is 12.3 Å². The summed E-state index contributed by atoms with van der Waals surface area (Å²) in [6.07, 6.45) is 11.0. The number of nitrogens with zero attached hydrogens (tertiary/aromatic N) is 4. The van der Waals surface area contributed by atoms with E-state index in [-0.39, 0.29) is 0 Å². The second kappa shape index (κ2) is 12.9. The van der Waals surface area contributed by atoms with Gasteiger partial charge in [-0.3, -0.25) is 4.57 Å². The van der Waals surface area contributed by atoms with Crippen LogP contribution in [0, 0.1) is 19.8 Å². The van der Waals surface area contributed by atoms with Gasteiger partial charge in [0.1, 0.15) is 17.3 Å². The van der Waals surface area contributed by atoms with Crippen molar-refractivity contribution in [3.63, 3.8) is 0 Å². The standard InChI is InChI=1S/C42H46N4O/c1-7-9-16-38-42(41-29(5)13-12-14-30(41)6)36(8-2)44-46(38)31-22-28(4)23-33(25-31)47-32-18-19-35-34-15-10-11-17-37(34)45(39(35)26-32)40-24-27(3)20-21-43-40/h10-11,13,15,17-26,30,41H,7-9,12,14,16H2,1-6H3/t30-,41?/m0/s1. The maximum absolute atomic E-state index is 6.69. The van der Waals surface area contributed by atoms with Gasteiger partial charge in [0.2, 0.25) is 0 Å². The van der Waals surface area contributed by atoms with E-state index in [2.05, 4.69) is 124 Å². The zero-order chi connectivity index (χ0) is 32.7. The van der Waals surface area contributed by atoms with Crippen LogP contribution in [0.1, 0.15) is 87.4 Å². The molecule has 1 aliphatic rings. The number of hydrogen-bond acceptors (Lipinski definition) is 3. The second-order valence-electron chi connectivity index (χ2n) is 13.5. The van der Waals surface area contributed by atoms with E-state index in [0.29, 0.717) is 11.8 Å². The van der Waals surface area contributed by atoms with Crippen LogP contribution in [0.2, 0.25) is 0 Å². The van der Waals surface area contributed by atoms with Crippen molar-refractivity contribution < 1.29 is 4.74 Å². The Morgan fingerprint density at radius 2 is 1.68 bits per heavy atom. The third-order valence-electron chi connectivity index (χ3n) is 9.95. The van der Waals surface area contributed by atoms with Crippen molar-refractivity contribution >= 4 is 21.8 Å². The number of rotatable bonds is 9. The number of allylic oxidation sites excluding steroid dienone is 2. The largest absolute Gasteiger partial charge is 0.457 e. The topological polar surface area (TPSA) is 44.9 Å². The summed E-state index contributed by atoms with van der Waals surface area (Å²) in [5, 5.41) is 7.71. The summed E-state index contributed by atoms with van der Waals surface area (Å²) in [4.78, 5) is 4.75. The molecule has 0 fully saturated rings. The zero-order valence-corrected chi connectivity index (χ0v) is 28.7. The molecule has 0 saturated carbocycles. The van der Waals surface area contributed by atoms with Crippen LogP contribution in [-0.4, -0.2) is 19.3 Å². The van der Waals surface area contributed by atoms with Gasteiger partial charge in [0.25, 0.3) is 0 Å². The van der Waals surface area contributed by atoms with Crippen LogP contribution in [0.5, 0.6) is 11.5 Å². The lowest BCUT2D eigenvalue weighted by Gasteiger charge is -2.30. The van der Waals surface area contributed by atoms with Gasteiger partial charge >= 0.3 is 0 Å². The Morgan fingerprint density at radius 3 is 2.47 bits per heavy atom. The Hall–Kier alpha value is -4.64. The molecule has 240 valence electrons. The SMILES string of the molecule is CCCCc1c(C2C(C)=CCC[C@@H]2C)c(CC)nn1-c1cc(C)cc(Oc2ccc3c4ccccc4n(-c4cc(C)ccn4)c3c2)c1. The fourth-order valence-electron chi connectivity index (χ4n) is 7.71. The van der Waals surface area contributed by atoms with E-state index < -0.39 is 0 Å². The normalized spacial score (nSPS) is 16.6. The molecule has 0 amide bonds. The van der Waals surface area contributed by atoms with Crippen molar-refractivity contribution in [2.45, 2.75) is 86.0 Å². The molecule has 0 radical (unpaired) electrons. The smallest absolute Gasteiger partial charge is 0.137 e. The number of aryl methyl sites for hydroxylation is 3. The average molecular weight is 623 g/mol. The Bertz CT molecular complexity index is 2110. The third kappa shape index (κ3) is 5.77. The molecule has 0 aliphatic heterocycles. The molecule has 6 aromatic rings. The van der Waals surface area contributed by atoms with E-state index in [1.165, 1.54) is 51.7 Å². The summed E-state index contributed by atoms with van der Waals surface area (Å²) in [6.45, 7) is 13.5. The average Bonchev–Trinajstić information content (AvgIpc) is 3.58. The van der Waals surface area contributed by atoms with Crippen molar-refractivity contribution in [1.82, 2.24) is 19.3 Å². The molecule has 5 heteroatoms. The Balaban J connectivity index is 1.32. The molecule has 47 heavy (non-hydrogen) atoms. The summed E-state index contributed by atoms with van der Waals surface area (Å²) in [5.41, 5.74) is 11.2. The lowest BCUT2D eigenvalue weighted by molar-refractivity contribution is 0.445. The molecule has 7 rings (SSSR count). The quantitative estimate of drug-likeness (QED) is 0.151. The fourth-order valence-corrected chi connectivity index (χ4v) is 7.71. The minimum absolute atomic E-state index is 0.432. The summed E-state index contributed by atoms with van der Waals surface area (Å²) >= 11 is 0. The minimum atomic E-state index is 0.432. The van der Waals surface area contributed by atoms with Crippen LogP contribution in [0.4, 0.5) is 0 Å². The van der Waals surface area contributed by atoms with Crippen molar-refractivity contribution in [1.29, 1.82) is 0 Å². The monoisotopic (exact) mass is 622 g/mol. The summed E-state index contributed by atoms with van der Waals surface area (Å²) < 4.78 is 11.2. The highest BCUT2D eigenvalue weighted by Gasteiger charge is 2.31. The van der Waals surface area contributed by atoms with Crippen molar-refractivity contribution in [3.05, 3.63) is 119 Å². The number of benzene rings is 3. The summed E-state index contributed by atoms with van der Waals surface area (Å²) in [6, 6.07) is 25.6. The van der Waals surface area contributed by atoms with E-state index >= 15 is 0 Å². The van der Waals surface area contributed by atoms with E-state index in [9.17, 15) is 0 Å². The molecular weight excluding hydrogens is 576 g/mol. The Morgan fingerprint density at radius 1 is 0.851 bits per heavy atom. The van der Waals surface area contributed by atoms with Gasteiger partial charge in [-0.25, -0.2) is 9.67 Å². The molecule has 3 aromatic carbocycles. The Labute approximate surface area is 278 Å². The van der Waals surface area contributed by atoms with Crippen molar-refractivity contribution in [3.8, 4) is 23.0 Å². The van der Waals surface area contributed by atoms with Crippen LogP contribution < -0.4 is 4.74 Å². The van der Waals surface area contributed by atoms with Crippen LogP contribution in [0.25, 0.3) is 33.3 Å². The van der Waals surface area contributed by atoms with Crippen LogP contribution in [0.15, 0.2) is 90.6 Å². The van der Waals surface area contributed by atoms with Gasteiger partial charge in [-0.1, -0.05) is 57.0 Å². The molecule has 5 nitrogen and oxygen atoms in total. The molecular formula is C42H46N4O. The number of fused-ring (bicyclic) bond motifs is 3. The predicted molar refractivity (Wildman–Crippen MR) is 195 cm³/mol. The second-order valence-corrected chi connectivity index (χ2v) is 13.5. The maximum Gasteiger partial charge on any atom is 0.137 e. The lowest BCUT2D eigenvalue weighted by atomic mass is 9.74. The van der Waals surface area contributed by atoms with Gasteiger partial charge in [0.15, 0.2) is 0 Å². The molecule has 3 heterocycles. The summed E-state index contributed by atoms with van der Waals surface area (Å²) in [5.74, 6) is 3.56. The van der Waals surface area contributed by atoms with Crippen molar-refractivity contribution in [2.24, 2.45) is 5.92 Å². The van der Waals surface area contributed by atoms with Gasteiger partial charge in [0, 0.05) is 46.3 Å². The zero-order valence-electron chi connectivity index (χ0n) is 28.7. The summed E-state index contributed by atoms with van der Waals surface area (Å²) in [7, 11) is 0. The highest BCUT2D eigenvalue weighted by molar-refractivity contribution is 6.09. The van der Waals surface area contributed by atoms with E-state index in [4.69, 9.17) is 14.8 Å². The first kappa shape index (κ1) is 31.0. The highest BCUT2D eigenvalue weighted by atomic mass is 16.5. The van der Waals surface area contributed by atoms with Gasteiger partial charge < -0.3 is 4.74 Å². The predicted octanol–water partition coefficient (Wildman–Crippen LogP) is 11.1. The molecule has 1 aliphatic carbocycles. The van der Waals surface area contributed by atoms with E-state index in [0.717, 1.165) is 65.3 Å². The number of aromatic nitrogens is 4. The number of pyridine rings is 1. The molecule has 3 aromatic heterocycles. The molecule has 0 spiro atoms. The number of ether oxygens (including phenoxy) is 1. The third-order valence-corrected chi connectivity index (χ3v) is 9.95. The molecule has 0 saturated heterocycles. The van der Waals surface area contributed by atoms with Crippen LogP contribution in [-0.2, 0) is 12.8 Å². The molecule has 0 N–H and O–H groups in total. The fraction of sp³-hybridized carbons (Fsp3) is 0.333. The number of para-hydroxylation sites is 1. The highest BCUT2D eigenvalue weighted by Crippen LogP contribution is 2.43. The lowest BCUT2D eigenvalue weighted by Crippen LogP contribution is -2.18. The molecule has 1 unspecified atom stereocenters. The van der Waals surface area contributed by atoms with E-state index in [1.54, 1.807) is 0 Å².